The molecule has 0 fully saturated rings. The molecule has 0 radical (unpaired) electrons. The molecule has 0 aliphatic rings. The first-order valence-electron chi connectivity index (χ1n) is 6.09. The zero-order chi connectivity index (χ0) is 13.9. The van der Waals surface area contributed by atoms with Gasteiger partial charge in [-0.2, -0.15) is 0 Å². The van der Waals surface area contributed by atoms with Crippen LogP contribution in [-0.4, -0.2) is 16.5 Å². The number of aryl methyl sites for hydroxylation is 1. The number of rotatable bonds is 5. The average molecular weight is 251 g/mol. The van der Waals surface area contributed by atoms with Crippen LogP contribution in [0.4, 0.5) is 11.5 Å². The molecule has 0 amide bonds. The largest absolute Gasteiger partial charge is 0.369 e. The van der Waals surface area contributed by atoms with Gasteiger partial charge >= 0.3 is 0 Å². The van der Waals surface area contributed by atoms with Crippen molar-refractivity contribution < 1.29 is 4.92 Å². The summed E-state index contributed by atoms with van der Waals surface area (Å²) in [7, 11) is 0. The monoisotopic (exact) mass is 251 g/mol. The molecule has 0 saturated carbocycles. The predicted octanol–water partition coefficient (Wildman–Crippen LogP) is 3.39. The van der Waals surface area contributed by atoms with Crippen molar-refractivity contribution in [1.29, 1.82) is 0 Å². The SMILES string of the molecule is Cc1cnc(NCC(C)(C)C(C)C)cc1[N+](=O)[O-]. The van der Waals surface area contributed by atoms with E-state index in [2.05, 4.69) is 38.0 Å². The minimum Gasteiger partial charge on any atom is -0.369 e. The van der Waals surface area contributed by atoms with E-state index < -0.39 is 0 Å². The van der Waals surface area contributed by atoms with E-state index in [1.54, 1.807) is 6.92 Å². The smallest absolute Gasteiger partial charge is 0.277 e. The third kappa shape index (κ3) is 3.42. The lowest BCUT2D eigenvalue weighted by Crippen LogP contribution is -2.28. The topological polar surface area (TPSA) is 68.1 Å². The predicted molar refractivity (Wildman–Crippen MR) is 72.7 cm³/mol. The maximum Gasteiger partial charge on any atom is 0.277 e. The molecule has 1 heterocycles. The maximum atomic E-state index is 10.8. The van der Waals surface area contributed by atoms with E-state index in [-0.39, 0.29) is 16.0 Å². The normalized spacial score (nSPS) is 11.7. The Bertz CT molecular complexity index is 442. The van der Waals surface area contributed by atoms with Crippen LogP contribution in [0.1, 0.15) is 33.3 Å². The van der Waals surface area contributed by atoms with Crippen LogP contribution in [0.2, 0.25) is 0 Å². The highest BCUT2D eigenvalue weighted by atomic mass is 16.6. The van der Waals surface area contributed by atoms with Crippen LogP contribution in [0, 0.1) is 28.4 Å². The summed E-state index contributed by atoms with van der Waals surface area (Å²) in [6, 6.07) is 1.49. The number of nitrogens with zero attached hydrogens (tertiary/aromatic N) is 2. The van der Waals surface area contributed by atoms with Gasteiger partial charge in [-0.15, -0.1) is 0 Å². The van der Waals surface area contributed by atoms with E-state index in [0.29, 0.717) is 17.3 Å². The Morgan fingerprint density at radius 2 is 2.11 bits per heavy atom. The van der Waals surface area contributed by atoms with Crippen LogP contribution >= 0.6 is 0 Å². The summed E-state index contributed by atoms with van der Waals surface area (Å²) < 4.78 is 0. The van der Waals surface area contributed by atoms with Crippen LogP contribution in [0.25, 0.3) is 0 Å². The molecule has 100 valence electrons. The summed E-state index contributed by atoms with van der Waals surface area (Å²) in [5.41, 5.74) is 0.796. The average Bonchev–Trinajstić information content (AvgIpc) is 2.27. The van der Waals surface area contributed by atoms with Crippen LogP contribution in [0.5, 0.6) is 0 Å². The maximum absolute atomic E-state index is 10.8. The molecule has 0 bridgehead atoms. The highest BCUT2D eigenvalue weighted by molar-refractivity contribution is 5.48. The molecule has 0 saturated heterocycles. The first kappa shape index (κ1) is 14.4. The van der Waals surface area contributed by atoms with Crippen molar-refractivity contribution in [2.45, 2.75) is 34.6 Å². The van der Waals surface area contributed by atoms with Gasteiger partial charge in [-0.25, -0.2) is 4.98 Å². The quantitative estimate of drug-likeness (QED) is 0.643. The summed E-state index contributed by atoms with van der Waals surface area (Å²) in [4.78, 5) is 14.6. The summed E-state index contributed by atoms with van der Waals surface area (Å²) >= 11 is 0. The van der Waals surface area contributed by atoms with E-state index in [1.165, 1.54) is 12.3 Å². The number of nitrogens with one attached hydrogen (secondary N) is 1. The van der Waals surface area contributed by atoms with Crippen LogP contribution < -0.4 is 5.32 Å². The third-order valence-electron chi connectivity index (χ3n) is 3.56. The zero-order valence-corrected chi connectivity index (χ0v) is 11.7. The van der Waals surface area contributed by atoms with Gasteiger partial charge in [-0.3, -0.25) is 10.1 Å². The van der Waals surface area contributed by atoms with Gasteiger partial charge in [0.1, 0.15) is 5.82 Å². The first-order chi connectivity index (χ1) is 8.24. The number of aromatic nitrogens is 1. The number of hydrogen-bond donors (Lipinski definition) is 1. The molecule has 1 N–H and O–H groups in total. The molecule has 1 rings (SSSR count). The molecule has 0 spiro atoms. The van der Waals surface area contributed by atoms with E-state index >= 15 is 0 Å². The van der Waals surface area contributed by atoms with Gasteiger partial charge in [-0.1, -0.05) is 27.7 Å². The lowest BCUT2D eigenvalue weighted by Gasteiger charge is -2.29. The van der Waals surface area contributed by atoms with Crippen LogP contribution in [-0.2, 0) is 0 Å². The Morgan fingerprint density at radius 3 is 2.61 bits per heavy atom. The van der Waals surface area contributed by atoms with Crippen LogP contribution in [0.3, 0.4) is 0 Å². The summed E-state index contributed by atoms with van der Waals surface area (Å²) in [6.45, 7) is 11.1. The summed E-state index contributed by atoms with van der Waals surface area (Å²) in [5, 5.41) is 14.0. The van der Waals surface area contributed by atoms with Crippen molar-refractivity contribution in [1.82, 2.24) is 4.98 Å². The van der Waals surface area contributed by atoms with Crippen molar-refractivity contribution in [3.63, 3.8) is 0 Å². The zero-order valence-electron chi connectivity index (χ0n) is 11.7. The van der Waals surface area contributed by atoms with Gasteiger partial charge in [-0.05, 0) is 18.3 Å². The van der Waals surface area contributed by atoms with Gasteiger partial charge in [0.05, 0.1) is 11.0 Å². The number of hydrogen-bond acceptors (Lipinski definition) is 4. The lowest BCUT2D eigenvalue weighted by molar-refractivity contribution is -0.385. The molecule has 0 aliphatic carbocycles. The molecule has 0 aliphatic heterocycles. The second-order valence-electron chi connectivity index (χ2n) is 5.61. The highest BCUT2D eigenvalue weighted by Crippen LogP contribution is 2.27. The fourth-order valence-corrected chi connectivity index (χ4v) is 1.33. The third-order valence-corrected chi connectivity index (χ3v) is 3.56. The van der Waals surface area contributed by atoms with Crippen molar-refractivity contribution in [2.24, 2.45) is 11.3 Å². The second-order valence-corrected chi connectivity index (χ2v) is 5.61. The second kappa shape index (κ2) is 5.33. The molecule has 0 atom stereocenters. The van der Waals surface area contributed by atoms with Gasteiger partial charge in [0, 0.05) is 18.3 Å². The number of anilines is 1. The Labute approximate surface area is 108 Å². The minimum absolute atomic E-state index is 0.106. The molecule has 0 aromatic carbocycles. The van der Waals surface area contributed by atoms with Crippen molar-refractivity contribution in [3.05, 3.63) is 27.9 Å². The molecule has 0 unspecified atom stereocenters. The van der Waals surface area contributed by atoms with Gasteiger partial charge in [0.2, 0.25) is 0 Å². The molecule has 5 heteroatoms. The van der Waals surface area contributed by atoms with Crippen LogP contribution in [0.15, 0.2) is 12.3 Å². The van der Waals surface area contributed by atoms with E-state index in [0.717, 1.165) is 6.54 Å². The van der Waals surface area contributed by atoms with E-state index in [4.69, 9.17) is 0 Å². The standard InChI is InChI=1S/C13H21N3O2/c1-9(2)13(4,5)8-15-12-6-11(16(17)18)10(3)7-14-12/h6-7,9H,8H2,1-5H3,(H,14,15). The molecule has 1 aromatic heterocycles. The number of nitro groups is 1. The van der Waals surface area contributed by atoms with E-state index in [1.807, 2.05) is 0 Å². The first-order valence-corrected chi connectivity index (χ1v) is 6.09. The van der Waals surface area contributed by atoms with Gasteiger partial charge in [0.25, 0.3) is 5.69 Å². The Morgan fingerprint density at radius 1 is 1.50 bits per heavy atom. The molecular weight excluding hydrogens is 230 g/mol. The highest BCUT2D eigenvalue weighted by Gasteiger charge is 2.22. The fourth-order valence-electron chi connectivity index (χ4n) is 1.33. The van der Waals surface area contributed by atoms with Gasteiger partial charge in [0.15, 0.2) is 0 Å². The molecule has 1 aromatic rings. The molecular formula is C13H21N3O2. The number of pyridine rings is 1. The molecule has 18 heavy (non-hydrogen) atoms. The lowest BCUT2D eigenvalue weighted by atomic mass is 9.81. The van der Waals surface area contributed by atoms with Crippen molar-refractivity contribution in [2.75, 3.05) is 11.9 Å². The Kier molecular flexibility index (Phi) is 4.27. The Hall–Kier alpha value is -1.65. The van der Waals surface area contributed by atoms with Gasteiger partial charge < -0.3 is 5.32 Å². The van der Waals surface area contributed by atoms with Crippen molar-refractivity contribution in [3.8, 4) is 0 Å². The summed E-state index contributed by atoms with van der Waals surface area (Å²) in [5.74, 6) is 1.08. The van der Waals surface area contributed by atoms with Crippen molar-refractivity contribution >= 4 is 11.5 Å². The fraction of sp³-hybridized carbons (Fsp3) is 0.615. The minimum atomic E-state index is -0.379. The van der Waals surface area contributed by atoms with E-state index in [9.17, 15) is 10.1 Å². The molecule has 5 nitrogen and oxygen atoms in total. The Balaban J connectivity index is 2.81. The summed E-state index contributed by atoms with van der Waals surface area (Å²) in [6.07, 6.45) is 1.53.